The molecule has 1 aromatic carbocycles. The molecular weight excluding hydrogens is 371 g/mol. The van der Waals surface area contributed by atoms with E-state index in [2.05, 4.69) is 15.5 Å². The summed E-state index contributed by atoms with van der Waals surface area (Å²) in [6, 6.07) is 6.82. The molecule has 3 unspecified atom stereocenters. The van der Waals surface area contributed by atoms with E-state index in [9.17, 15) is 14.0 Å². The van der Waals surface area contributed by atoms with Crippen molar-refractivity contribution in [3.05, 3.63) is 35.6 Å². The van der Waals surface area contributed by atoms with Crippen LogP contribution in [0.5, 0.6) is 0 Å². The van der Waals surface area contributed by atoms with Gasteiger partial charge in [0.15, 0.2) is 0 Å². The first-order valence-electron chi connectivity index (χ1n) is 10.9. The van der Waals surface area contributed by atoms with Crippen LogP contribution in [0.1, 0.15) is 44.1 Å². The van der Waals surface area contributed by atoms with E-state index in [-0.39, 0.29) is 35.8 Å². The van der Waals surface area contributed by atoms with E-state index in [1.54, 1.807) is 12.1 Å². The molecule has 0 spiro atoms. The molecule has 0 aromatic heterocycles. The maximum atomic E-state index is 13.1. The van der Waals surface area contributed by atoms with Gasteiger partial charge in [-0.15, -0.1) is 0 Å². The third-order valence-corrected chi connectivity index (χ3v) is 6.53. The van der Waals surface area contributed by atoms with E-state index in [0.29, 0.717) is 19.5 Å². The molecule has 4 rings (SSSR count). The third-order valence-electron chi connectivity index (χ3n) is 6.53. The molecule has 0 bridgehead atoms. The molecular formula is C22H31FN4O2. The van der Waals surface area contributed by atoms with E-state index in [0.717, 1.165) is 50.9 Å². The number of nitrogens with one attached hydrogen (secondary N) is 2. The number of halogens is 1. The topological polar surface area (TPSA) is 64.7 Å². The molecule has 0 radical (unpaired) electrons. The summed E-state index contributed by atoms with van der Waals surface area (Å²) >= 11 is 0. The van der Waals surface area contributed by atoms with Gasteiger partial charge in [0.05, 0.1) is 6.04 Å². The summed E-state index contributed by atoms with van der Waals surface area (Å²) in [4.78, 5) is 29.2. The number of fused-ring (bicyclic) bond motifs is 1. The van der Waals surface area contributed by atoms with Gasteiger partial charge in [-0.25, -0.2) is 4.39 Å². The average Bonchev–Trinajstić information content (AvgIpc) is 3.19. The van der Waals surface area contributed by atoms with Crippen LogP contribution in [0.2, 0.25) is 0 Å². The van der Waals surface area contributed by atoms with Crippen molar-refractivity contribution in [2.75, 3.05) is 26.2 Å². The Morgan fingerprint density at radius 2 is 1.93 bits per heavy atom. The molecule has 3 aliphatic heterocycles. The lowest BCUT2D eigenvalue weighted by Crippen LogP contribution is -2.58. The van der Waals surface area contributed by atoms with E-state index < -0.39 is 0 Å². The van der Waals surface area contributed by atoms with E-state index in [1.165, 1.54) is 18.6 Å². The molecule has 2 amide bonds. The van der Waals surface area contributed by atoms with Gasteiger partial charge in [0.1, 0.15) is 5.82 Å². The predicted molar refractivity (Wildman–Crippen MR) is 109 cm³/mol. The zero-order valence-corrected chi connectivity index (χ0v) is 16.9. The Hall–Kier alpha value is -1.99. The number of likely N-dealkylation sites (tertiary alicyclic amines) is 1. The standard InChI is InChI=1S/C22H31FN4O2/c23-17-6-4-16(5-7-17)13-24-18-12-20-22(29)25-14-19(27(20)15-18)8-9-21(28)26-10-2-1-3-11-26/h4-7,18-20,24H,1-3,8-15H2,(H,25,29). The summed E-state index contributed by atoms with van der Waals surface area (Å²) in [5, 5.41) is 6.54. The van der Waals surface area contributed by atoms with E-state index in [4.69, 9.17) is 0 Å². The number of hydrogen-bond donors (Lipinski definition) is 2. The van der Waals surface area contributed by atoms with Gasteiger partial charge in [-0.05, 0) is 49.8 Å². The Labute approximate surface area is 171 Å². The lowest BCUT2D eigenvalue weighted by atomic mass is 10.0. The third kappa shape index (κ3) is 4.95. The van der Waals surface area contributed by atoms with Gasteiger partial charge in [0.25, 0.3) is 0 Å². The summed E-state index contributed by atoms with van der Waals surface area (Å²) in [5.74, 6) is 0.114. The van der Waals surface area contributed by atoms with Crippen molar-refractivity contribution < 1.29 is 14.0 Å². The first-order valence-corrected chi connectivity index (χ1v) is 10.9. The Bertz CT molecular complexity index is 720. The number of amides is 2. The average molecular weight is 403 g/mol. The van der Waals surface area contributed by atoms with Crippen molar-refractivity contribution in [1.29, 1.82) is 0 Å². The van der Waals surface area contributed by atoms with Gasteiger partial charge in [-0.2, -0.15) is 0 Å². The van der Waals surface area contributed by atoms with Gasteiger partial charge >= 0.3 is 0 Å². The number of hydrogen-bond acceptors (Lipinski definition) is 4. The molecule has 158 valence electrons. The lowest BCUT2D eigenvalue weighted by Gasteiger charge is -2.37. The molecule has 0 saturated carbocycles. The molecule has 3 fully saturated rings. The quantitative estimate of drug-likeness (QED) is 0.760. The highest BCUT2D eigenvalue weighted by molar-refractivity contribution is 5.83. The van der Waals surface area contributed by atoms with Gasteiger partial charge in [0.2, 0.25) is 11.8 Å². The van der Waals surface area contributed by atoms with Crippen LogP contribution in [0.15, 0.2) is 24.3 Å². The van der Waals surface area contributed by atoms with Crippen LogP contribution in [0.3, 0.4) is 0 Å². The van der Waals surface area contributed by atoms with Crippen LogP contribution in [0, 0.1) is 5.82 Å². The molecule has 0 aliphatic carbocycles. The van der Waals surface area contributed by atoms with Crippen LogP contribution in [-0.2, 0) is 16.1 Å². The highest BCUT2D eigenvalue weighted by Crippen LogP contribution is 2.26. The number of benzene rings is 1. The summed E-state index contributed by atoms with van der Waals surface area (Å²) in [5.41, 5.74) is 1.03. The molecule has 6 nitrogen and oxygen atoms in total. The molecule has 2 N–H and O–H groups in total. The second kappa shape index (κ2) is 9.22. The van der Waals surface area contributed by atoms with Crippen LogP contribution in [-0.4, -0.2) is 65.9 Å². The molecule has 29 heavy (non-hydrogen) atoms. The van der Waals surface area contributed by atoms with Crippen LogP contribution < -0.4 is 10.6 Å². The number of carbonyl (C=O) groups is 2. The van der Waals surface area contributed by atoms with Crippen molar-refractivity contribution >= 4 is 11.8 Å². The van der Waals surface area contributed by atoms with Crippen molar-refractivity contribution in [2.45, 2.75) is 63.2 Å². The van der Waals surface area contributed by atoms with Crippen LogP contribution >= 0.6 is 0 Å². The normalized spacial score (nSPS) is 27.6. The van der Waals surface area contributed by atoms with Gasteiger partial charge in [0, 0.05) is 51.2 Å². The van der Waals surface area contributed by atoms with Crippen LogP contribution in [0.25, 0.3) is 0 Å². The fourth-order valence-electron chi connectivity index (χ4n) is 4.85. The first kappa shape index (κ1) is 20.3. The fourth-order valence-corrected chi connectivity index (χ4v) is 4.85. The fraction of sp³-hybridized carbons (Fsp3) is 0.636. The maximum absolute atomic E-state index is 13.1. The Morgan fingerprint density at radius 3 is 2.69 bits per heavy atom. The van der Waals surface area contributed by atoms with Crippen molar-refractivity contribution in [2.24, 2.45) is 0 Å². The lowest BCUT2D eigenvalue weighted by molar-refractivity contribution is -0.133. The first-order chi connectivity index (χ1) is 14.1. The minimum absolute atomic E-state index is 0.0923. The second-order valence-electron chi connectivity index (χ2n) is 8.53. The zero-order chi connectivity index (χ0) is 20.2. The largest absolute Gasteiger partial charge is 0.353 e. The molecule has 1 aromatic rings. The van der Waals surface area contributed by atoms with E-state index >= 15 is 0 Å². The number of piperazine rings is 1. The summed E-state index contributed by atoms with van der Waals surface area (Å²) in [6.07, 6.45) is 5.56. The van der Waals surface area contributed by atoms with E-state index in [1.807, 2.05) is 4.90 Å². The smallest absolute Gasteiger partial charge is 0.237 e. The van der Waals surface area contributed by atoms with Crippen molar-refractivity contribution in [3.8, 4) is 0 Å². The Kier molecular flexibility index (Phi) is 6.45. The summed E-state index contributed by atoms with van der Waals surface area (Å²) < 4.78 is 13.1. The maximum Gasteiger partial charge on any atom is 0.237 e. The molecule has 3 atom stereocenters. The number of carbonyl (C=O) groups excluding carboxylic acids is 2. The molecule has 3 heterocycles. The molecule has 3 saturated heterocycles. The van der Waals surface area contributed by atoms with Crippen molar-refractivity contribution in [1.82, 2.24) is 20.4 Å². The minimum Gasteiger partial charge on any atom is -0.353 e. The Balaban J connectivity index is 1.29. The van der Waals surface area contributed by atoms with Gasteiger partial charge in [-0.3, -0.25) is 14.5 Å². The SMILES string of the molecule is O=C1NCC(CCC(=O)N2CCCCC2)N2CC(NCc3ccc(F)cc3)CC12. The highest BCUT2D eigenvalue weighted by atomic mass is 19.1. The minimum atomic E-state index is -0.231. The van der Waals surface area contributed by atoms with Crippen LogP contribution in [0.4, 0.5) is 4.39 Å². The second-order valence-corrected chi connectivity index (χ2v) is 8.53. The van der Waals surface area contributed by atoms with Gasteiger partial charge in [-0.1, -0.05) is 12.1 Å². The van der Waals surface area contributed by atoms with Crippen molar-refractivity contribution in [3.63, 3.8) is 0 Å². The number of rotatable bonds is 6. The highest BCUT2D eigenvalue weighted by Gasteiger charge is 2.43. The Morgan fingerprint density at radius 1 is 1.17 bits per heavy atom. The molecule has 7 heteroatoms. The zero-order valence-electron chi connectivity index (χ0n) is 16.9. The molecule has 3 aliphatic rings. The number of piperidine rings is 1. The summed E-state index contributed by atoms with van der Waals surface area (Å²) in [6.45, 7) is 3.87. The van der Waals surface area contributed by atoms with Gasteiger partial charge < -0.3 is 15.5 Å². The predicted octanol–water partition coefficient (Wildman–Crippen LogP) is 1.65. The number of nitrogens with zero attached hydrogens (tertiary/aromatic N) is 2. The monoisotopic (exact) mass is 402 g/mol. The summed E-state index contributed by atoms with van der Waals surface area (Å²) in [7, 11) is 0.